The van der Waals surface area contributed by atoms with Gasteiger partial charge in [-0.25, -0.2) is 0 Å². The SMILES string of the molecule is CCc1c(Cl)cccc1C(N)CO. The van der Waals surface area contributed by atoms with E-state index in [1.807, 2.05) is 25.1 Å². The third-order valence-electron chi connectivity index (χ3n) is 2.10. The number of halogens is 1. The van der Waals surface area contributed by atoms with Crippen molar-refractivity contribution < 1.29 is 5.11 Å². The molecule has 1 aromatic carbocycles. The highest BCUT2D eigenvalue weighted by molar-refractivity contribution is 6.31. The van der Waals surface area contributed by atoms with Crippen molar-refractivity contribution in [3.05, 3.63) is 34.3 Å². The number of aliphatic hydroxyl groups excluding tert-OH is 1. The second kappa shape index (κ2) is 4.61. The Morgan fingerprint density at radius 1 is 1.54 bits per heavy atom. The second-order valence-electron chi connectivity index (χ2n) is 2.95. The number of nitrogens with two attached hydrogens (primary N) is 1. The van der Waals surface area contributed by atoms with Crippen molar-refractivity contribution in [3.8, 4) is 0 Å². The van der Waals surface area contributed by atoms with Gasteiger partial charge in [0.1, 0.15) is 0 Å². The molecule has 0 bridgehead atoms. The van der Waals surface area contributed by atoms with Gasteiger partial charge in [0.15, 0.2) is 0 Å². The predicted octanol–water partition coefficient (Wildman–Crippen LogP) is 1.89. The summed E-state index contributed by atoms with van der Waals surface area (Å²) in [5.74, 6) is 0. The van der Waals surface area contributed by atoms with E-state index >= 15 is 0 Å². The number of hydrogen-bond donors (Lipinski definition) is 2. The van der Waals surface area contributed by atoms with Crippen molar-refractivity contribution in [1.82, 2.24) is 0 Å². The number of rotatable bonds is 3. The van der Waals surface area contributed by atoms with Gasteiger partial charge in [0.05, 0.1) is 12.6 Å². The van der Waals surface area contributed by atoms with Gasteiger partial charge < -0.3 is 10.8 Å². The molecule has 0 radical (unpaired) electrons. The molecule has 0 saturated carbocycles. The summed E-state index contributed by atoms with van der Waals surface area (Å²) in [6.45, 7) is 1.97. The highest BCUT2D eigenvalue weighted by Crippen LogP contribution is 2.24. The monoisotopic (exact) mass is 199 g/mol. The van der Waals surface area contributed by atoms with Crippen LogP contribution in [0.4, 0.5) is 0 Å². The molecule has 13 heavy (non-hydrogen) atoms. The summed E-state index contributed by atoms with van der Waals surface area (Å²) in [5, 5.41) is 9.66. The summed E-state index contributed by atoms with van der Waals surface area (Å²) in [7, 11) is 0. The fourth-order valence-electron chi connectivity index (χ4n) is 1.39. The zero-order chi connectivity index (χ0) is 9.84. The van der Waals surface area contributed by atoms with E-state index in [-0.39, 0.29) is 12.6 Å². The lowest BCUT2D eigenvalue weighted by Gasteiger charge is -2.14. The molecule has 3 N–H and O–H groups in total. The fourth-order valence-corrected chi connectivity index (χ4v) is 1.71. The molecule has 0 fully saturated rings. The Morgan fingerprint density at radius 3 is 2.77 bits per heavy atom. The molecule has 1 unspecified atom stereocenters. The molecular formula is C10H14ClNO. The molecule has 0 aliphatic carbocycles. The summed E-state index contributed by atoms with van der Waals surface area (Å²) >= 11 is 5.99. The Balaban J connectivity index is 3.12. The molecule has 72 valence electrons. The first kappa shape index (κ1) is 10.5. The lowest BCUT2D eigenvalue weighted by Crippen LogP contribution is -2.16. The molecule has 0 aromatic heterocycles. The van der Waals surface area contributed by atoms with E-state index in [2.05, 4.69) is 0 Å². The predicted molar refractivity (Wildman–Crippen MR) is 54.8 cm³/mol. The highest BCUT2D eigenvalue weighted by Gasteiger charge is 2.10. The van der Waals surface area contributed by atoms with E-state index in [1.165, 1.54) is 0 Å². The van der Waals surface area contributed by atoms with Crippen molar-refractivity contribution in [2.75, 3.05) is 6.61 Å². The first-order chi connectivity index (χ1) is 6.20. The van der Waals surface area contributed by atoms with Crippen LogP contribution in [0.5, 0.6) is 0 Å². The van der Waals surface area contributed by atoms with Crippen molar-refractivity contribution in [2.45, 2.75) is 19.4 Å². The Labute approximate surface area is 83.3 Å². The molecule has 0 spiro atoms. The summed E-state index contributed by atoms with van der Waals surface area (Å²) < 4.78 is 0. The van der Waals surface area contributed by atoms with Crippen LogP contribution in [0, 0.1) is 0 Å². The lowest BCUT2D eigenvalue weighted by molar-refractivity contribution is 0.267. The van der Waals surface area contributed by atoms with Crippen molar-refractivity contribution >= 4 is 11.6 Å². The van der Waals surface area contributed by atoms with Crippen LogP contribution in [0.15, 0.2) is 18.2 Å². The molecule has 1 rings (SSSR count). The van der Waals surface area contributed by atoms with Crippen LogP contribution in [-0.4, -0.2) is 11.7 Å². The topological polar surface area (TPSA) is 46.2 Å². The number of aliphatic hydroxyl groups is 1. The smallest absolute Gasteiger partial charge is 0.0624 e. The minimum Gasteiger partial charge on any atom is -0.394 e. The maximum Gasteiger partial charge on any atom is 0.0624 e. The molecule has 0 heterocycles. The largest absolute Gasteiger partial charge is 0.394 e. The Bertz CT molecular complexity index is 288. The Morgan fingerprint density at radius 2 is 2.23 bits per heavy atom. The molecule has 3 heteroatoms. The van der Waals surface area contributed by atoms with E-state index in [1.54, 1.807) is 0 Å². The van der Waals surface area contributed by atoms with Crippen LogP contribution in [-0.2, 0) is 6.42 Å². The molecule has 2 nitrogen and oxygen atoms in total. The van der Waals surface area contributed by atoms with E-state index in [4.69, 9.17) is 22.4 Å². The van der Waals surface area contributed by atoms with Gasteiger partial charge in [-0.05, 0) is 23.6 Å². The number of benzene rings is 1. The van der Waals surface area contributed by atoms with E-state index in [0.29, 0.717) is 0 Å². The third kappa shape index (κ3) is 2.21. The van der Waals surface area contributed by atoms with Gasteiger partial charge in [-0.2, -0.15) is 0 Å². The maximum absolute atomic E-state index is 8.93. The molecular weight excluding hydrogens is 186 g/mol. The standard InChI is InChI=1S/C10H14ClNO/c1-2-7-8(10(12)6-13)4-3-5-9(7)11/h3-5,10,13H,2,6,12H2,1H3. The number of hydrogen-bond acceptors (Lipinski definition) is 2. The van der Waals surface area contributed by atoms with Crippen LogP contribution in [0.2, 0.25) is 5.02 Å². The van der Waals surface area contributed by atoms with Crippen LogP contribution < -0.4 is 5.73 Å². The van der Waals surface area contributed by atoms with Gasteiger partial charge in [0.25, 0.3) is 0 Å². The molecule has 0 aliphatic rings. The van der Waals surface area contributed by atoms with Crippen LogP contribution in [0.25, 0.3) is 0 Å². The first-order valence-corrected chi connectivity index (χ1v) is 4.72. The average Bonchev–Trinajstić information content (AvgIpc) is 2.16. The van der Waals surface area contributed by atoms with Crippen LogP contribution in [0.1, 0.15) is 24.1 Å². The average molecular weight is 200 g/mol. The highest BCUT2D eigenvalue weighted by atomic mass is 35.5. The lowest BCUT2D eigenvalue weighted by atomic mass is 9.99. The molecule has 0 amide bonds. The van der Waals surface area contributed by atoms with E-state index in [0.717, 1.165) is 22.6 Å². The quantitative estimate of drug-likeness (QED) is 0.781. The van der Waals surface area contributed by atoms with Crippen molar-refractivity contribution in [1.29, 1.82) is 0 Å². The van der Waals surface area contributed by atoms with Gasteiger partial charge >= 0.3 is 0 Å². The first-order valence-electron chi connectivity index (χ1n) is 4.34. The van der Waals surface area contributed by atoms with Crippen LogP contribution >= 0.6 is 11.6 Å². The molecule has 1 aromatic rings. The Hall–Kier alpha value is -0.570. The summed E-state index contributed by atoms with van der Waals surface area (Å²) in [5.41, 5.74) is 7.71. The van der Waals surface area contributed by atoms with Crippen molar-refractivity contribution in [3.63, 3.8) is 0 Å². The summed E-state index contributed by atoms with van der Waals surface area (Å²) in [6.07, 6.45) is 0.836. The Kier molecular flexibility index (Phi) is 3.72. The summed E-state index contributed by atoms with van der Waals surface area (Å²) in [6, 6.07) is 5.28. The molecule has 0 saturated heterocycles. The maximum atomic E-state index is 8.93. The van der Waals surface area contributed by atoms with Gasteiger partial charge in [-0.3, -0.25) is 0 Å². The third-order valence-corrected chi connectivity index (χ3v) is 2.46. The van der Waals surface area contributed by atoms with Gasteiger partial charge in [0, 0.05) is 5.02 Å². The van der Waals surface area contributed by atoms with Crippen LogP contribution in [0.3, 0.4) is 0 Å². The van der Waals surface area contributed by atoms with Gasteiger partial charge in [0.2, 0.25) is 0 Å². The van der Waals surface area contributed by atoms with E-state index < -0.39 is 0 Å². The summed E-state index contributed by atoms with van der Waals surface area (Å²) in [4.78, 5) is 0. The normalized spacial score (nSPS) is 12.9. The minimum atomic E-state index is -0.325. The van der Waals surface area contributed by atoms with Gasteiger partial charge in [-0.15, -0.1) is 0 Å². The molecule has 1 atom stereocenters. The van der Waals surface area contributed by atoms with E-state index in [9.17, 15) is 0 Å². The zero-order valence-electron chi connectivity index (χ0n) is 7.63. The minimum absolute atomic E-state index is 0.0483. The second-order valence-corrected chi connectivity index (χ2v) is 3.36. The molecule has 0 aliphatic heterocycles. The zero-order valence-corrected chi connectivity index (χ0v) is 8.38. The van der Waals surface area contributed by atoms with Gasteiger partial charge in [-0.1, -0.05) is 30.7 Å². The fraction of sp³-hybridized carbons (Fsp3) is 0.400. The van der Waals surface area contributed by atoms with Crippen molar-refractivity contribution in [2.24, 2.45) is 5.73 Å².